The number of carbonyl (C=O) groups is 3. The molecule has 0 radical (unpaired) electrons. The smallest absolute Gasteiger partial charge is 0.407 e. The highest BCUT2D eigenvalue weighted by molar-refractivity contribution is 5.94. The van der Waals surface area contributed by atoms with Gasteiger partial charge in [0.1, 0.15) is 12.2 Å². The molecule has 0 heterocycles. The van der Waals surface area contributed by atoms with E-state index >= 15 is 0 Å². The van der Waals surface area contributed by atoms with Gasteiger partial charge in [0.2, 0.25) is 0 Å². The number of anilines is 1. The van der Waals surface area contributed by atoms with E-state index in [1.54, 1.807) is 45.0 Å². The number of hydrogen-bond acceptors (Lipinski definition) is 6. The van der Waals surface area contributed by atoms with Crippen LogP contribution in [0.15, 0.2) is 36.4 Å². The predicted octanol–water partition coefficient (Wildman–Crippen LogP) is 4.55. The number of carbonyl (C=O) groups excluding carboxylic acids is 3. The molecule has 0 aliphatic carbocycles. The molecule has 0 aromatic heterocycles. The van der Waals surface area contributed by atoms with Gasteiger partial charge in [0.15, 0.2) is 23.2 Å². The molecule has 2 amide bonds. The molecule has 0 aliphatic rings. The zero-order valence-corrected chi connectivity index (χ0v) is 21.5. The van der Waals surface area contributed by atoms with Crippen LogP contribution in [0.25, 0.3) is 0 Å². The lowest BCUT2D eigenvalue weighted by Crippen LogP contribution is -2.33. The van der Waals surface area contributed by atoms with Crippen LogP contribution >= 0.6 is 0 Å². The van der Waals surface area contributed by atoms with Gasteiger partial charge >= 0.3 is 6.09 Å². The second-order valence-corrected chi connectivity index (χ2v) is 9.58. The lowest BCUT2D eigenvalue weighted by molar-refractivity contribution is -0.121. The van der Waals surface area contributed by atoms with Crippen molar-refractivity contribution in [2.45, 2.75) is 58.5 Å². The molecule has 0 spiro atoms. The zero-order chi connectivity index (χ0) is 27.4. The first-order valence-electron chi connectivity index (χ1n) is 12.2. The number of benzene rings is 2. The quantitative estimate of drug-likeness (QED) is 0.264. The van der Waals surface area contributed by atoms with Crippen molar-refractivity contribution in [1.29, 1.82) is 0 Å². The molecule has 0 bridgehead atoms. The van der Waals surface area contributed by atoms with Crippen LogP contribution in [0.4, 0.5) is 19.3 Å². The number of Topliss-reactive ketones (excluding diaryl/α,β-unsaturated/α-hetero) is 1. The van der Waals surface area contributed by atoms with E-state index in [1.165, 1.54) is 0 Å². The molecule has 37 heavy (non-hydrogen) atoms. The number of unbranched alkanes of at least 4 members (excludes halogenated alkanes) is 2. The number of rotatable bonds is 13. The van der Waals surface area contributed by atoms with Gasteiger partial charge in [0.25, 0.3) is 5.91 Å². The Labute approximate surface area is 215 Å². The molecule has 4 N–H and O–H groups in total. The summed E-state index contributed by atoms with van der Waals surface area (Å²) >= 11 is 0. The molecule has 202 valence electrons. The first-order valence-corrected chi connectivity index (χ1v) is 12.2. The molecule has 10 heteroatoms. The summed E-state index contributed by atoms with van der Waals surface area (Å²) in [6.45, 7) is 5.49. The van der Waals surface area contributed by atoms with Crippen LogP contribution in [0.2, 0.25) is 0 Å². The Bertz CT molecular complexity index is 1050. The van der Waals surface area contributed by atoms with E-state index in [1.807, 2.05) is 0 Å². The van der Waals surface area contributed by atoms with E-state index < -0.39 is 35.7 Å². The summed E-state index contributed by atoms with van der Waals surface area (Å²) < 4.78 is 39.0. The van der Waals surface area contributed by atoms with Crippen LogP contribution in [0.5, 0.6) is 5.75 Å². The number of nitrogens with one attached hydrogen (secondary N) is 2. The fraction of sp³-hybridized carbons (Fsp3) is 0.444. The predicted molar refractivity (Wildman–Crippen MR) is 136 cm³/mol. The van der Waals surface area contributed by atoms with Gasteiger partial charge in [0.05, 0.1) is 0 Å². The Morgan fingerprint density at radius 3 is 2.19 bits per heavy atom. The lowest BCUT2D eigenvalue weighted by atomic mass is 10.1. The monoisotopic (exact) mass is 519 g/mol. The number of hydrogen-bond donors (Lipinski definition) is 3. The van der Waals surface area contributed by atoms with Crippen molar-refractivity contribution in [2.24, 2.45) is 0 Å². The Balaban J connectivity index is 1.68. The average Bonchev–Trinajstić information content (AvgIpc) is 2.80. The lowest BCUT2D eigenvalue weighted by Gasteiger charge is -2.19. The fourth-order valence-corrected chi connectivity index (χ4v) is 3.30. The van der Waals surface area contributed by atoms with Crippen LogP contribution in [-0.2, 0) is 16.0 Å². The first-order chi connectivity index (χ1) is 17.4. The second kappa shape index (κ2) is 14.2. The zero-order valence-electron chi connectivity index (χ0n) is 21.5. The van der Waals surface area contributed by atoms with Crippen molar-refractivity contribution in [3.05, 3.63) is 59.2 Å². The summed E-state index contributed by atoms with van der Waals surface area (Å²) in [5, 5.41) is 5.32. The summed E-state index contributed by atoms with van der Waals surface area (Å²) in [6.07, 6.45) is 1.82. The molecule has 2 rings (SSSR count). The Morgan fingerprint density at radius 1 is 0.919 bits per heavy atom. The molecule has 2 aromatic rings. The van der Waals surface area contributed by atoms with Crippen molar-refractivity contribution in [3.8, 4) is 5.75 Å². The highest BCUT2D eigenvalue weighted by Gasteiger charge is 2.16. The first kappa shape index (κ1) is 29.5. The van der Waals surface area contributed by atoms with Gasteiger partial charge in [-0.25, -0.2) is 13.6 Å². The van der Waals surface area contributed by atoms with Crippen molar-refractivity contribution >= 4 is 23.5 Å². The number of nitrogen functional groups attached to an aromatic ring is 1. The molecule has 0 atom stereocenters. The maximum atomic E-state index is 14.4. The normalized spacial score (nSPS) is 11.1. The molecule has 0 saturated heterocycles. The summed E-state index contributed by atoms with van der Waals surface area (Å²) in [7, 11) is 0. The summed E-state index contributed by atoms with van der Waals surface area (Å²) in [5.74, 6) is -3.04. The number of halogens is 2. The van der Waals surface area contributed by atoms with E-state index in [9.17, 15) is 23.2 Å². The fourth-order valence-electron chi connectivity index (χ4n) is 3.30. The standard InChI is InChI=1S/C27H35F2N3O5/c1-27(2,3)37-26(35)32-13-6-4-5-7-21(33)17-36-24-22(28)15-18(16-23(24)29)12-14-31-25(34)19-8-10-20(30)11-9-19/h8-11,15-16H,4-7,12-14,17,30H2,1-3H3,(H,31,34)(H,32,35). The maximum Gasteiger partial charge on any atom is 0.407 e. The van der Waals surface area contributed by atoms with Gasteiger partial charge in [-0.3, -0.25) is 9.59 Å². The van der Waals surface area contributed by atoms with Crippen molar-refractivity contribution in [1.82, 2.24) is 10.6 Å². The highest BCUT2D eigenvalue weighted by Crippen LogP contribution is 2.24. The number of alkyl carbamates (subject to hydrolysis) is 1. The second-order valence-electron chi connectivity index (χ2n) is 9.58. The van der Waals surface area contributed by atoms with Crippen LogP contribution in [0, 0.1) is 11.6 Å². The van der Waals surface area contributed by atoms with E-state index in [0.717, 1.165) is 12.1 Å². The molecule has 2 aromatic carbocycles. The molecular weight excluding hydrogens is 484 g/mol. The van der Waals surface area contributed by atoms with Crippen LogP contribution in [-0.4, -0.2) is 43.1 Å². The van der Waals surface area contributed by atoms with Gasteiger partial charge in [-0.1, -0.05) is 6.42 Å². The largest absolute Gasteiger partial charge is 0.480 e. The minimum Gasteiger partial charge on any atom is -0.480 e. The van der Waals surface area contributed by atoms with Crippen LogP contribution in [0.1, 0.15) is 62.4 Å². The van der Waals surface area contributed by atoms with Crippen molar-refractivity contribution < 1.29 is 32.6 Å². The third-order valence-corrected chi connectivity index (χ3v) is 5.11. The molecule has 0 unspecified atom stereocenters. The SMILES string of the molecule is CC(C)(C)OC(=O)NCCCCCC(=O)COc1c(F)cc(CCNC(=O)c2ccc(N)cc2)cc1F. The van der Waals surface area contributed by atoms with Crippen molar-refractivity contribution in [3.63, 3.8) is 0 Å². The van der Waals surface area contributed by atoms with Gasteiger partial charge in [-0.15, -0.1) is 0 Å². The minimum atomic E-state index is -0.916. The van der Waals surface area contributed by atoms with E-state index in [4.69, 9.17) is 15.2 Å². The third kappa shape index (κ3) is 11.3. The van der Waals surface area contributed by atoms with Crippen molar-refractivity contribution in [2.75, 3.05) is 25.4 Å². The Kier molecular flexibility index (Phi) is 11.3. The minimum absolute atomic E-state index is 0.175. The van der Waals surface area contributed by atoms with Gasteiger partial charge in [-0.2, -0.15) is 0 Å². The molecule has 0 fully saturated rings. The molecule has 0 saturated carbocycles. The highest BCUT2D eigenvalue weighted by atomic mass is 19.1. The van der Waals surface area contributed by atoms with Gasteiger partial charge in [0, 0.05) is 30.8 Å². The third-order valence-electron chi connectivity index (χ3n) is 5.11. The van der Waals surface area contributed by atoms with Crippen LogP contribution in [0.3, 0.4) is 0 Å². The number of amides is 2. The van der Waals surface area contributed by atoms with Gasteiger partial charge in [-0.05, 0) is 82.0 Å². The number of ketones is 1. The van der Waals surface area contributed by atoms with E-state index in [0.29, 0.717) is 42.6 Å². The number of nitrogens with two attached hydrogens (primary N) is 1. The molecule has 8 nitrogen and oxygen atoms in total. The summed E-state index contributed by atoms with van der Waals surface area (Å²) in [5.41, 5.74) is 6.34. The topological polar surface area (TPSA) is 120 Å². The summed E-state index contributed by atoms with van der Waals surface area (Å²) in [6, 6.07) is 8.63. The molecular formula is C27H35F2N3O5. The number of ether oxygens (including phenoxy) is 2. The summed E-state index contributed by atoms with van der Waals surface area (Å²) in [4.78, 5) is 35.7. The Hall–Kier alpha value is -3.69. The van der Waals surface area contributed by atoms with E-state index in [2.05, 4.69) is 10.6 Å². The maximum absolute atomic E-state index is 14.4. The average molecular weight is 520 g/mol. The van der Waals surface area contributed by atoms with E-state index in [-0.39, 0.29) is 31.1 Å². The Morgan fingerprint density at radius 2 is 1.57 bits per heavy atom. The molecule has 0 aliphatic heterocycles. The van der Waals surface area contributed by atoms with Gasteiger partial charge < -0.3 is 25.8 Å². The van der Waals surface area contributed by atoms with Crippen LogP contribution < -0.4 is 21.1 Å².